The Labute approximate surface area is 240 Å². The fraction of sp³-hybridized carbons (Fsp3) is 0.480. The Hall–Kier alpha value is -2.13. The molecule has 1 saturated heterocycles. The van der Waals surface area contributed by atoms with Gasteiger partial charge < -0.3 is 19.8 Å². The van der Waals surface area contributed by atoms with Gasteiger partial charge in [0.15, 0.2) is 5.01 Å². The van der Waals surface area contributed by atoms with Crippen molar-refractivity contribution in [1.29, 1.82) is 0 Å². The van der Waals surface area contributed by atoms with Crippen molar-refractivity contribution in [2.75, 3.05) is 53.4 Å². The van der Waals surface area contributed by atoms with E-state index in [2.05, 4.69) is 9.88 Å². The van der Waals surface area contributed by atoms with Crippen molar-refractivity contribution in [1.82, 2.24) is 24.0 Å². The fourth-order valence-electron chi connectivity index (χ4n) is 4.89. The van der Waals surface area contributed by atoms with Crippen molar-refractivity contribution in [3.63, 3.8) is 0 Å². The number of carbonyl (C=O) groups is 2. The molecule has 0 saturated carbocycles. The Morgan fingerprint density at radius 1 is 1.21 bits per heavy atom. The van der Waals surface area contributed by atoms with E-state index in [1.165, 1.54) is 20.5 Å². The lowest BCUT2D eigenvalue weighted by molar-refractivity contribution is -0.131. The van der Waals surface area contributed by atoms with Gasteiger partial charge >= 0.3 is 0 Å². The van der Waals surface area contributed by atoms with Gasteiger partial charge in [0.1, 0.15) is 4.21 Å². The third kappa shape index (κ3) is 5.85. The highest BCUT2D eigenvalue weighted by molar-refractivity contribution is 7.91. The molecule has 14 heteroatoms. The summed E-state index contributed by atoms with van der Waals surface area (Å²) in [7, 11) is -0.264. The minimum Gasteiger partial charge on any atom is -0.395 e. The Bertz CT molecular complexity index is 1510. The number of hydrogen-bond donors (Lipinski definition) is 1. The molecule has 2 aliphatic heterocycles. The Morgan fingerprint density at radius 2 is 2.00 bits per heavy atom. The van der Waals surface area contributed by atoms with E-state index >= 15 is 0 Å². The number of fused-ring (bicyclic) bond motifs is 2. The summed E-state index contributed by atoms with van der Waals surface area (Å²) in [5.41, 5.74) is 0.933. The number of carbonyl (C=O) groups excluding carboxylic acids is 2. The number of piperazine rings is 1. The van der Waals surface area contributed by atoms with E-state index in [9.17, 15) is 23.1 Å². The summed E-state index contributed by atoms with van der Waals surface area (Å²) in [4.78, 5) is 37.5. The minimum atomic E-state index is -3.87. The zero-order valence-electron chi connectivity index (χ0n) is 21.7. The van der Waals surface area contributed by atoms with Crippen LogP contribution < -0.4 is 0 Å². The number of amides is 2. The number of thiophene rings is 1. The van der Waals surface area contributed by atoms with Crippen molar-refractivity contribution < 1.29 is 23.1 Å². The second-order valence-electron chi connectivity index (χ2n) is 9.88. The molecule has 0 spiro atoms. The van der Waals surface area contributed by atoms with Gasteiger partial charge in [-0.25, -0.2) is 13.4 Å². The third-order valence-corrected chi connectivity index (χ3v) is 11.9. The number of hydrogen-bond acceptors (Lipinski definition) is 9. The highest BCUT2D eigenvalue weighted by Crippen LogP contribution is 2.34. The Balaban J connectivity index is 1.41. The average molecular weight is 612 g/mol. The second-order valence-corrected chi connectivity index (χ2v) is 14.7. The fourth-order valence-corrected chi connectivity index (χ4v) is 9.33. The molecule has 0 bridgehead atoms. The molecule has 4 heterocycles. The summed E-state index contributed by atoms with van der Waals surface area (Å²) in [5, 5.41) is 11.0. The number of likely N-dealkylation sites (N-methyl/N-ethyl adjacent to an activating group) is 2. The zero-order chi connectivity index (χ0) is 27.9. The molecule has 2 aliphatic rings. The number of rotatable bonds is 7. The van der Waals surface area contributed by atoms with Gasteiger partial charge in [-0.1, -0.05) is 17.7 Å². The van der Waals surface area contributed by atoms with E-state index in [0.717, 1.165) is 51.5 Å². The van der Waals surface area contributed by atoms with Crippen LogP contribution in [-0.2, 0) is 27.8 Å². The molecule has 10 nitrogen and oxygen atoms in total. The van der Waals surface area contributed by atoms with Gasteiger partial charge in [0.25, 0.3) is 15.9 Å². The minimum absolute atomic E-state index is 0.0182. The van der Waals surface area contributed by atoms with Crippen molar-refractivity contribution in [2.45, 2.75) is 29.6 Å². The van der Waals surface area contributed by atoms with Crippen LogP contribution in [0.5, 0.6) is 0 Å². The first-order valence-corrected chi connectivity index (χ1v) is 16.0. The number of aliphatic hydroxyl groups is 1. The summed E-state index contributed by atoms with van der Waals surface area (Å²) in [6.07, 6.45) is 0.708. The molecule has 3 aromatic rings. The molecule has 0 aliphatic carbocycles. The van der Waals surface area contributed by atoms with Crippen LogP contribution in [0.25, 0.3) is 10.1 Å². The van der Waals surface area contributed by atoms with E-state index in [1.54, 1.807) is 36.2 Å². The zero-order valence-corrected chi connectivity index (χ0v) is 24.9. The first-order valence-electron chi connectivity index (χ1n) is 12.6. The predicted molar refractivity (Wildman–Crippen MR) is 152 cm³/mol. The maximum Gasteiger partial charge on any atom is 0.283 e. The van der Waals surface area contributed by atoms with Crippen LogP contribution in [0.15, 0.2) is 28.5 Å². The maximum atomic E-state index is 13.7. The van der Waals surface area contributed by atoms with Crippen LogP contribution in [0.1, 0.15) is 26.8 Å². The molecule has 1 unspecified atom stereocenters. The van der Waals surface area contributed by atoms with Crippen LogP contribution in [0.3, 0.4) is 0 Å². The summed E-state index contributed by atoms with van der Waals surface area (Å²) in [6.45, 7) is 1.80. The lowest BCUT2D eigenvalue weighted by Crippen LogP contribution is -2.57. The van der Waals surface area contributed by atoms with E-state index in [-0.39, 0.29) is 55.2 Å². The summed E-state index contributed by atoms with van der Waals surface area (Å²) in [6, 6.07) is 6.20. The number of sulfonamides is 1. The van der Waals surface area contributed by atoms with Crippen LogP contribution in [-0.4, -0.2) is 109 Å². The molecule has 1 atom stereocenters. The van der Waals surface area contributed by atoms with Crippen molar-refractivity contribution in [3.05, 3.63) is 44.9 Å². The average Bonchev–Trinajstić information content (AvgIpc) is 3.52. The Morgan fingerprint density at radius 3 is 2.77 bits per heavy atom. The van der Waals surface area contributed by atoms with Gasteiger partial charge in [-0.15, -0.1) is 22.7 Å². The molecule has 2 amide bonds. The van der Waals surface area contributed by atoms with Crippen LogP contribution in [0.2, 0.25) is 5.02 Å². The standard InChI is InChI=1S/C25H30ClN5O5S3/c1-28-6-5-19-21(15-28)38-24(27-19)25(34)31-8-7-30(14-18(31)13-22(33)29(2)9-10-32)39(35,36)23-11-16-3-4-17(26)12-20(16)37-23/h3-4,11-12,18,32H,5-10,13-15H2,1-2H3. The SMILES string of the molecule is CN1CCc2nc(C(=O)N3CCN(S(=O)(=O)c4cc5ccc(Cl)cc5s4)CC3CC(=O)N(C)CCO)sc2C1. The second kappa shape index (κ2) is 11.4. The lowest BCUT2D eigenvalue weighted by Gasteiger charge is -2.40. The summed E-state index contributed by atoms with van der Waals surface area (Å²) in [5.74, 6) is -0.559. The third-order valence-electron chi connectivity index (χ3n) is 7.14. The predicted octanol–water partition coefficient (Wildman–Crippen LogP) is 2.36. The first kappa shape index (κ1) is 28.4. The highest BCUT2D eigenvalue weighted by Gasteiger charge is 2.39. The van der Waals surface area contributed by atoms with E-state index in [1.807, 2.05) is 7.05 Å². The molecule has 5 rings (SSSR count). The molecule has 1 fully saturated rings. The largest absolute Gasteiger partial charge is 0.395 e. The maximum absolute atomic E-state index is 13.7. The van der Waals surface area contributed by atoms with Crippen LogP contribution >= 0.6 is 34.3 Å². The van der Waals surface area contributed by atoms with E-state index in [4.69, 9.17) is 11.6 Å². The molecular formula is C25H30ClN5O5S3. The quantitative estimate of drug-likeness (QED) is 0.436. The molecule has 39 heavy (non-hydrogen) atoms. The van der Waals surface area contributed by atoms with Gasteiger partial charge in [-0.2, -0.15) is 4.31 Å². The van der Waals surface area contributed by atoms with Gasteiger partial charge in [-0.3, -0.25) is 9.59 Å². The first-order chi connectivity index (χ1) is 18.6. The highest BCUT2D eigenvalue weighted by atomic mass is 35.5. The number of thiazole rings is 1. The van der Waals surface area contributed by atoms with Crippen LogP contribution in [0.4, 0.5) is 0 Å². The molecule has 1 aromatic carbocycles. The molecule has 2 aromatic heterocycles. The van der Waals surface area contributed by atoms with Gasteiger partial charge in [0, 0.05) is 73.8 Å². The van der Waals surface area contributed by atoms with Gasteiger partial charge in [0.05, 0.1) is 18.3 Å². The molecule has 1 N–H and O–H groups in total. The van der Waals surface area contributed by atoms with Crippen molar-refractivity contribution in [3.8, 4) is 0 Å². The van der Waals surface area contributed by atoms with Gasteiger partial charge in [0.2, 0.25) is 5.91 Å². The lowest BCUT2D eigenvalue weighted by atomic mass is 10.1. The van der Waals surface area contributed by atoms with Crippen molar-refractivity contribution >= 4 is 66.2 Å². The topological polar surface area (TPSA) is 114 Å². The molecule has 210 valence electrons. The number of halogens is 1. The molecular weight excluding hydrogens is 582 g/mol. The van der Waals surface area contributed by atoms with E-state index in [0.29, 0.717) is 10.0 Å². The summed E-state index contributed by atoms with van der Waals surface area (Å²) >= 11 is 8.61. The number of aliphatic hydroxyl groups excluding tert-OH is 1. The Kier molecular flexibility index (Phi) is 8.30. The number of benzene rings is 1. The smallest absolute Gasteiger partial charge is 0.283 e. The van der Waals surface area contributed by atoms with Gasteiger partial charge in [-0.05, 0) is 30.6 Å². The van der Waals surface area contributed by atoms with E-state index < -0.39 is 16.1 Å². The summed E-state index contributed by atoms with van der Waals surface area (Å²) < 4.78 is 29.7. The number of aromatic nitrogens is 1. The van der Waals surface area contributed by atoms with Crippen molar-refractivity contribution in [2.24, 2.45) is 0 Å². The number of nitrogens with zero attached hydrogens (tertiary/aromatic N) is 5. The van der Waals surface area contributed by atoms with Crippen LogP contribution in [0, 0.1) is 0 Å². The molecule has 0 radical (unpaired) electrons. The monoisotopic (exact) mass is 611 g/mol. The normalized spacial score (nSPS) is 18.9.